The van der Waals surface area contributed by atoms with E-state index in [1.165, 1.54) is 0 Å². The first-order valence-corrected chi connectivity index (χ1v) is 5.41. The van der Waals surface area contributed by atoms with E-state index in [9.17, 15) is 4.79 Å². The van der Waals surface area contributed by atoms with Crippen molar-refractivity contribution in [3.63, 3.8) is 0 Å². The van der Waals surface area contributed by atoms with E-state index in [1.54, 1.807) is 17.7 Å². The Morgan fingerprint density at radius 2 is 2.38 bits per heavy atom. The first kappa shape index (κ1) is 12.3. The lowest BCUT2D eigenvalue weighted by Gasteiger charge is -2.04. The van der Waals surface area contributed by atoms with Crippen LogP contribution in [0.15, 0.2) is 6.07 Å². The lowest BCUT2D eigenvalue weighted by molar-refractivity contribution is 0.0944. The Kier molecular flexibility index (Phi) is 4.59. The zero-order chi connectivity index (χ0) is 12.0. The molecule has 1 heterocycles. The number of nitrogens with zero attached hydrogens (tertiary/aromatic N) is 2. The summed E-state index contributed by atoms with van der Waals surface area (Å²) in [5, 5.41) is 7.04. The molecular weight excluding hydrogens is 202 g/mol. The predicted octanol–water partition coefficient (Wildman–Crippen LogP) is 1.35. The number of carbonyl (C=O) groups excluding carboxylic acids is 1. The minimum absolute atomic E-state index is 0.0830. The van der Waals surface area contributed by atoms with Gasteiger partial charge in [-0.3, -0.25) is 9.48 Å². The fourth-order valence-corrected chi connectivity index (χ4v) is 1.42. The second-order valence-corrected chi connectivity index (χ2v) is 3.42. The number of carbonyl (C=O) groups is 1. The van der Waals surface area contributed by atoms with Crippen LogP contribution in [0, 0.1) is 18.8 Å². The Morgan fingerprint density at radius 3 is 3.00 bits per heavy atom. The second-order valence-electron chi connectivity index (χ2n) is 3.42. The molecule has 0 aromatic carbocycles. The van der Waals surface area contributed by atoms with Crippen molar-refractivity contribution in [1.82, 2.24) is 15.1 Å². The van der Waals surface area contributed by atoms with E-state index in [4.69, 9.17) is 0 Å². The quantitative estimate of drug-likeness (QED) is 0.614. The zero-order valence-electron chi connectivity index (χ0n) is 10.0. The van der Waals surface area contributed by atoms with Crippen LogP contribution in [0.25, 0.3) is 0 Å². The summed E-state index contributed by atoms with van der Waals surface area (Å²) in [4.78, 5) is 11.8. The Bertz CT molecular complexity index is 423. The van der Waals surface area contributed by atoms with Gasteiger partial charge in [0, 0.05) is 19.5 Å². The molecule has 1 aromatic heterocycles. The van der Waals surface area contributed by atoms with Crippen molar-refractivity contribution in [3.8, 4) is 11.8 Å². The number of aromatic nitrogens is 2. The van der Waals surface area contributed by atoms with Crippen LogP contribution < -0.4 is 5.32 Å². The molecule has 0 bridgehead atoms. The van der Waals surface area contributed by atoms with E-state index in [0.717, 1.165) is 5.69 Å². The molecule has 16 heavy (non-hydrogen) atoms. The van der Waals surface area contributed by atoms with E-state index in [-0.39, 0.29) is 5.91 Å². The third kappa shape index (κ3) is 3.13. The standard InChI is InChI=1S/C12H17N3O/c1-4-6-7-8-13-12(16)11-9-10(3)14-15(11)5-2/h9H,5,7-8H2,1-3H3,(H,13,16). The summed E-state index contributed by atoms with van der Waals surface area (Å²) >= 11 is 0. The Morgan fingerprint density at radius 1 is 1.62 bits per heavy atom. The fourth-order valence-electron chi connectivity index (χ4n) is 1.42. The van der Waals surface area contributed by atoms with Crippen LogP contribution in [0.2, 0.25) is 0 Å². The molecule has 0 aliphatic rings. The van der Waals surface area contributed by atoms with E-state index in [0.29, 0.717) is 25.2 Å². The van der Waals surface area contributed by atoms with Crippen molar-refractivity contribution < 1.29 is 4.79 Å². The number of hydrogen-bond donors (Lipinski definition) is 1. The molecule has 0 saturated carbocycles. The average Bonchev–Trinajstić information content (AvgIpc) is 2.65. The van der Waals surface area contributed by atoms with Crippen molar-refractivity contribution in [2.24, 2.45) is 0 Å². The molecule has 1 N–H and O–H groups in total. The Balaban J connectivity index is 2.60. The van der Waals surface area contributed by atoms with Crippen LogP contribution in [-0.2, 0) is 6.54 Å². The zero-order valence-corrected chi connectivity index (χ0v) is 10.0. The maximum Gasteiger partial charge on any atom is 0.269 e. The monoisotopic (exact) mass is 219 g/mol. The first-order valence-electron chi connectivity index (χ1n) is 5.41. The molecular formula is C12H17N3O. The molecule has 0 aliphatic heterocycles. The van der Waals surface area contributed by atoms with Crippen molar-refractivity contribution >= 4 is 5.91 Å². The molecule has 0 spiro atoms. The van der Waals surface area contributed by atoms with Gasteiger partial charge in [0.2, 0.25) is 0 Å². The van der Waals surface area contributed by atoms with Crippen LogP contribution in [-0.4, -0.2) is 22.2 Å². The summed E-state index contributed by atoms with van der Waals surface area (Å²) in [7, 11) is 0. The van der Waals surface area contributed by atoms with Gasteiger partial charge < -0.3 is 5.32 Å². The smallest absolute Gasteiger partial charge is 0.269 e. The maximum atomic E-state index is 11.8. The summed E-state index contributed by atoms with van der Waals surface area (Å²) in [5.74, 6) is 5.61. The Hall–Kier alpha value is -1.76. The average molecular weight is 219 g/mol. The van der Waals surface area contributed by atoms with Crippen molar-refractivity contribution in [2.75, 3.05) is 6.54 Å². The SMILES string of the molecule is CC#CCCNC(=O)c1cc(C)nn1CC. The van der Waals surface area contributed by atoms with E-state index >= 15 is 0 Å². The van der Waals surface area contributed by atoms with Crippen molar-refractivity contribution in [2.45, 2.75) is 33.7 Å². The van der Waals surface area contributed by atoms with Gasteiger partial charge in [0.05, 0.1) is 5.69 Å². The molecule has 0 atom stereocenters. The van der Waals surface area contributed by atoms with Crippen LogP contribution in [0.3, 0.4) is 0 Å². The molecule has 4 nitrogen and oxygen atoms in total. The third-order valence-corrected chi connectivity index (χ3v) is 2.15. The molecule has 4 heteroatoms. The van der Waals surface area contributed by atoms with E-state index < -0.39 is 0 Å². The van der Waals surface area contributed by atoms with Crippen molar-refractivity contribution in [1.29, 1.82) is 0 Å². The molecule has 0 aliphatic carbocycles. The van der Waals surface area contributed by atoms with Gasteiger partial charge in [-0.05, 0) is 26.8 Å². The van der Waals surface area contributed by atoms with Gasteiger partial charge in [-0.25, -0.2) is 0 Å². The van der Waals surface area contributed by atoms with Gasteiger partial charge >= 0.3 is 0 Å². The number of nitrogens with one attached hydrogen (secondary N) is 1. The lowest BCUT2D eigenvalue weighted by atomic mass is 10.3. The minimum Gasteiger partial charge on any atom is -0.350 e. The van der Waals surface area contributed by atoms with Crippen LogP contribution in [0.4, 0.5) is 0 Å². The van der Waals surface area contributed by atoms with Crippen LogP contribution in [0.1, 0.15) is 36.5 Å². The van der Waals surface area contributed by atoms with Crippen molar-refractivity contribution in [3.05, 3.63) is 17.5 Å². The molecule has 1 rings (SSSR count). The summed E-state index contributed by atoms with van der Waals surface area (Å²) in [6.07, 6.45) is 0.682. The van der Waals surface area contributed by atoms with Gasteiger partial charge in [-0.2, -0.15) is 5.10 Å². The highest BCUT2D eigenvalue weighted by atomic mass is 16.2. The second kappa shape index (κ2) is 5.96. The summed E-state index contributed by atoms with van der Waals surface area (Å²) in [5.41, 5.74) is 1.48. The highest BCUT2D eigenvalue weighted by Gasteiger charge is 2.11. The van der Waals surface area contributed by atoms with Crippen LogP contribution >= 0.6 is 0 Å². The van der Waals surface area contributed by atoms with Gasteiger partial charge in [-0.1, -0.05) is 0 Å². The Labute approximate surface area is 96.0 Å². The highest BCUT2D eigenvalue weighted by Crippen LogP contribution is 2.03. The van der Waals surface area contributed by atoms with Gasteiger partial charge in [0.1, 0.15) is 5.69 Å². The van der Waals surface area contributed by atoms with Gasteiger partial charge in [0.25, 0.3) is 5.91 Å². The maximum absolute atomic E-state index is 11.8. The largest absolute Gasteiger partial charge is 0.350 e. The lowest BCUT2D eigenvalue weighted by Crippen LogP contribution is -2.26. The molecule has 0 saturated heterocycles. The molecule has 1 amide bonds. The fraction of sp³-hybridized carbons (Fsp3) is 0.500. The van der Waals surface area contributed by atoms with E-state index in [1.807, 2.05) is 13.8 Å². The molecule has 0 radical (unpaired) electrons. The number of amides is 1. The van der Waals surface area contributed by atoms with Gasteiger partial charge in [-0.15, -0.1) is 11.8 Å². The topological polar surface area (TPSA) is 46.9 Å². The molecule has 0 fully saturated rings. The normalized spacial score (nSPS) is 9.44. The van der Waals surface area contributed by atoms with Gasteiger partial charge in [0.15, 0.2) is 0 Å². The molecule has 1 aromatic rings. The van der Waals surface area contributed by atoms with E-state index in [2.05, 4.69) is 22.3 Å². The summed E-state index contributed by atoms with van der Waals surface area (Å²) in [6.45, 7) is 6.91. The first-order chi connectivity index (χ1) is 7.69. The van der Waals surface area contributed by atoms with Crippen LogP contribution in [0.5, 0.6) is 0 Å². The predicted molar refractivity (Wildman–Crippen MR) is 63.0 cm³/mol. The number of hydrogen-bond acceptors (Lipinski definition) is 2. The third-order valence-electron chi connectivity index (χ3n) is 2.15. The number of rotatable bonds is 4. The number of aryl methyl sites for hydroxylation is 2. The summed E-state index contributed by atoms with van der Waals surface area (Å²) < 4.78 is 1.70. The molecule has 86 valence electrons. The highest BCUT2D eigenvalue weighted by molar-refractivity contribution is 5.92. The minimum atomic E-state index is -0.0830. The summed E-state index contributed by atoms with van der Waals surface area (Å²) in [6, 6.07) is 1.80. The molecule has 0 unspecified atom stereocenters.